The Balaban J connectivity index is 3.03. The number of Topliss-reactive ketones (excluding diaryl/α,β-unsaturated/α-hetero) is 1. The van der Waals surface area contributed by atoms with Crippen LogP contribution in [0.25, 0.3) is 0 Å². The second-order valence-electron chi connectivity index (χ2n) is 7.25. The highest BCUT2D eigenvalue weighted by Crippen LogP contribution is 2.20. The number of aryl methyl sites for hydroxylation is 1. The van der Waals surface area contributed by atoms with E-state index >= 15 is 0 Å². The molecular weight excluding hydrogens is 334 g/mol. The molecule has 1 rings (SSSR count). The maximum Gasteiger partial charge on any atom is 0.354 e. The molecular formula is C19H31N3O4. The number of ether oxygens (including phenoxy) is 1. The summed E-state index contributed by atoms with van der Waals surface area (Å²) >= 11 is 0. The third-order valence-electron chi connectivity index (χ3n) is 4.12. The molecule has 0 aliphatic carbocycles. The largest absolute Gasteiger partial charge is 0.464 e. The molecule has 0 unspecified atom stereocenters. The van der Waals surface area contributed by atoms with Crippen LogP contribution in [0, 0.1) is 19.8 Å². The van der Waals surface area contributed by atoms with Crippen molar-refractivity contribution in [1.29, 1.82) is 0 Å². The normalized spacial score (nSPS) is 11.0. The minimum atomic E-state index is -0.515. The minimum absolute atomic E-state index is 0.0131. The number of rotatable bonds is 8. The molecule has 0 spiro atoms. The number of ketones is 1. The van der Waals surface area contributed by atoms with Gasteiger partial charge in [-0.25, -0.2) is 9.59 Å². The summed E-state index contributed by atoms with van der Waals surface area (Å²) in [4.78, 5) is 41.6. The highest BCUT2D eigenvalue weighted by atomic mass is 16.5. The third kappa shape index (κ3) is 5.61. The van der Waals surface area contributed by atoms with Crippen molar-refractivity contribution in [2.24, 2.45) is 5.92 Å². The van der Waals surface area contributed by atoms with E-state index in [9.17, 15) is 14.4 Å². The predicted octanol–water partition coefficient (Wildman–Crippen LogP) is 3.07. The van der Waals surface area contributed by atoms with Gasteiger partial charge in [-0.15, -0.1) is 0 Å². The van der Waals surface area contributed by atoms with E-state index in [0.717, 1.165) is 6.42 Å². The lowest BCUT2D eigenvalue weighted by Crippen LogP contribution is -2.46. The zero-order valence-electron chi connectivity index (χ0n) is 16.9. The van der Waals surface area contributed by atoms with E-state index < -0.39 is 5.97 Å². The van der Waals surface area contributed by atoms with Crippen LogP contribution in [-0.4, -0.2) is 53.9 Å². The topological polar surface area (TPSA) is 91.5 Å². The number of H-pyrrole nitrogens is 1. The molecule has 146 valence electrons. The molecule has 1 heterocycles. The van der Waals surface area contributed by atoms with Gasteiger partial charge in [-0.1, -0.05) is 13.8 Å². The molecule has 0 saturated heterocycles. The Bertz CT molecular complexity index is 662. The maximum absolute atomic E-state index is 12.9. The van der Waals surface area contributed by atoms with E-state index in [-0.39, 0.29) is 30.1 Å². The van der Waals surface area contributed by atoms with Crippen molar-refractivity contribution in [2.75, 3.05) is 20.2 Å². The van der Waals surface area contributed by atoms with Gasteiger partial charge in [0, 0.05) is 23.8 Å². The van der Waals surface area contributed by atoms with Gasteiger partial charge in [0.2, 0.25) is 0 Å². The quantitative estimate of drug-likeness (QED) is 0.547. The monoisotopic (exact) mass is 365 g/mol. The van der Waals surface area contributed by atoms with Crippen LogP contribution in [0.1, 0.15) is 66.2 Å². The lowest BCUT2D eigenvalue weighted by Gasteiger charge is -2.24. The SMILES string of the molecule is COC(=O)c1[nH]c(C)c(C(=O)CN(CCC(C)C)C(=O)NC(C)C)c1C. The van der Waals surface area contributed by atoms with Gasteiger partial charge in [-0.05, 0) is 45.6 Å². The third-order valence-corrected chi connectivity index (χ3v) is 4.12. The Labute approximate surface area is 155 Å². The number of nitrogens with zero attached hydrogens (tertiary/aromatic N) is 1. The van der Waals surface area contributed by atoms with Crippen molar-refractivity contribution in [2.45, 2.75) is 54.0 Å². The molecule has 0 aromatic carbocycles. The van der Waals surface area contributed by atoms with Gasteiger partial charge in [-0.3, -0.25) is 4.79 Å². The summed E-state index contributed by atoms with van der Waals surface area (Å²) < 4.78 is 4.74. The molecule has 1 aromatic rings. The van der Waals surface area contributed by atoms with Gasteiger partial charge in [0.1, 0.15) is 5.69 Å². The molecule has 0 fully saturated rings. The summed E-state index contributed by atoms with van der Waals surface area (Å²) in [5.74, 6) is -0.297. The van der Waals surface area contributed by atoms with Gasteiger partial charge < -0.3 is 19.9 Å². The molecule has 1 aromatic heterocycles. The second kappa shape index (κ2) is 9.40. The summed E-state index contributed by atoms with van der Waals surface area (Å²) in [6, 6.07) is -0.270. The first kappa shape index (κ1) is 21.7. The molecule has 0 bridgehead atoms. The zero-order chi connectivity index (χ0) is 20.0. The molecule has 0 aliphatic heterocycles. The number of amides is 2. The Hall–Kier alpha value is -2.31. The van der Waals surface area contributed by atoms with Crippen LogP contribution in [0.3, 0.4) is 0 Å². The second-order valence-corrected chi connectivity index (χ2v) is 7.25. The number of esters is 1. The highest BCUT2D eigenvalue weighted by molar-refractivity contribution is 6.04. The first-order chi connectivity index (χ1) is 12.1. The number of carbonyl (C=O) groups is 3. The van der Waals surface area contributed by atoms with Crippen LogP contribution in [0.15, 0.2) is 0 Å². The first-order valence-electron chi connectivity index (χ1n) is 8.94. The van der Waals surface area contributed by atoms with Gasteiger partial charge in [0.25, 0.3) is 0 Å². The van der Waals surface area contributed by atoms with E-state index in [0.29, 0.717) is 29.3 Å². The van der Waals surface area contributed by atoms with E-state index in [2.05, 4.69) is 24.1 Å². The number of nitrogens with one attached hydrogen (secondary N) is 2. The number of hydrogen-bond acceptors (Lipinski definition) is 4. The van der Waals surface area contributed by atoms with Crippen LogP contribution >= 0.6 is 0 Å². The molecule has 0 aliphatic rings. The lowest BCUT2D eigenvalue weighted by atomic mass is 10.0. The van der Waals surface area contributed by atoms with Crippen LogP contribution in [0.2, 0.25) is 0 Å². The molecule has 2 N–H and O–H groups in total. The molecule has 26 heavy (non-hydrogen) atoms. The van der Waals surface area contributed by atoms with E-state index in [4.69, 9.17) is 4.74 Å². The number of urea groups is 1. The van der Waals surface area contributed by atoms with E-state index in [1.165, 1.54) is 12.0 Å². The zero-order valence-corrected chi connectivity index (χ0v) is 16.9. The fraction of sp³-hybridized carbons (Fsp3) is 0.632. The standard InChI is InChI=1S/C19H31N3O4/c1-11(2)8-9-22(19(25)20-12(3)4)10-15(23)16-13(5)17(18(24)26-7)21-14(16)6/h11-12,21H,8-10H2,1-7H3,(H,20,25). The van der Waals surface area contributed by atoms with Crippen molar-refractivity contribution in [1.82, 2.24) is 15.2 Å². The van der Waals surface area contributed by atoms with Gasteiger partial charge in [0.05, 0.1) is 13.7 Å². The molecule has 7 heteroatoms. The maximum atomic E-state index is 12.9. The lowest BCUT2D eigenvalue weighted by molar-refractivity contribution is 0.0593. The van der Waals surface area contributed by atoms with Crippen molar-refractivity contribution in [3.05, 3.63) is 22.5 Å². The summed E-state index contributed by atoms with van der Waals surface area (Å²) in [6.07, 6.45) is 0.803. The van der Waals surface area contributed by atoms with Gasteiger partial charge >= 0.3 is 12.0 Å². The van der Waals surface area contributed by atoms with E-state index in [1.807, 2.05) is 13.8 Å². The Morgan fingerprint density at radius 3 is 2.27 bits per heavy atom. The fourth-order valence-electron chi connectivity index (χ4n) is 2.73. The first-order valence-corrected chi connectivity index (χ1v) is 8.94. The summed E-state index contributed by atoms with van der Waals surface area (Å²) in [5, 5.41) is 2.84. The molecule has 0 atom stereocenters. The number of aromatic nitrogens is 1. The number of aromatic amines is 1. The minimum Gasteiger partial charge on any atom is -0.464 e. The van der Waals surface area contributed by atoms with E-state index in [1.54, 1.807) is 13.8 Å². The number of methoxy groups -OCH3 is 1. The molecule has 7 nitrogen and oxygen atoms in total. The fourth-order valence-corrected chi connectivity index (χ4v) is 2.73. The molecule has 0 radical (unpaired) electrons. The average Bonchev–Trinajstić information content (AvgIpc) is 2.84. The average molecular weight is 365 g/mol. The summed E-state index contributed by atoms with van der Waals surface area (Å²) in [6.45, 7) is 11.8. The number of hydrogen-bond donors (Lipinski definition) is 2. The smallest absolute Gasteiger partial charge is 0.354 e. The Morgan fingerprint density at radius 1 is 1.15 bits per heavy atom. The Kier molecular flexibility index (Phi) is 7.86. The summed E-state index contributed by atoms with van der Waals surface area (Å²) in [5.41, 5.74) is 1.86. The van der Waals surface area contributed by atoms with Crippen LogP contribution in [0.5, 0.6) is 0 Å². The predicted molar refractivity (Wildman–Crippen MR) is 101 cm³/mol. The van der Waals surface area contributed by atoms with Crippen molar-refractivity contribution >= 4 is 17.8 Å². The van der Waals surface area contributed by atoms with Crippen molar-refractivity contribution in [3.63, 3.8) is 0 Å². The number of carbonyl (C=O) groups excluding carboxylic acids is 3. The highest BCUT2D eigenvalue weighted by Gasteiger charge is 2.25. The Morgan fingerprint density at radius 2 is 1.77 bits per heavy atom. The van der Waals surface area contributed by atoms with Crippen molar-refractivity contribution in [3.8, 4) is 0 Å². The van der Waals surface area contributed by atoms with Crippen LogP contribution in [0.4, 0.5) is 4.79 Å². The summed E-state index contributed by atoms with van der Waals surface area (Å²) in [7, 11) is 1.29. The van der Waals surface area contributed by atoms with Crippen molar-refractivity contribution < 1.29 is 19.1 Å². The van der Waals surface area contributed by atoms with Gasteiger partial charge in [0.15, 0.2) is 5.78 Å². The van der Waals surface area contributed by atoms with Gasteiger partial charge in [-0.2, -0.15) is 0 Å². The van der Waals surface area contributed by atoms with Crippen LogP contribution in [-0.2, 0) is 4.74 Å². The van der Waals surface area contributed by atoms with Crippen LogP contribution < -0.4 is 5.32 Å². The molecule has 0 saturated carbocycles. The molecule has 2 amide bonds.